The Bertz CT molecular complexity index is 229. The first-order valence-corrected chi connectivity index (χ1v) is 4.60. The molecule has 6 N–H and O–H groups in total. The van der Waals surface area contributed by atoms with Crippen LogP contribution < -0.4 is 10.9 Å². The maximum atomic E-state index is 10.6. The summed E-state index contributed by atoms with van der Waals surface area (Å²) in [5.41, 5.74) is 4.28. The van der Waals surface area contributed by atoms with Crippen LogP contribution in [0.1, 0.15) is 13.8 Å². The van der Waals surface area contributed by atoms with Gasteiger partial charge in [0, 0.05) is 0 Å². The minimum Gasteiger partial charge on any atom is -0.480 e. The van der Waals surface area contributed by atoms with E-state index >= 15 is 0 Å². The predicted molar refractivity (Wildman–Crippen MR) is 52.5 cm³/mol. The van der Waals surface area contributed by atoms with Gasteiger partial charge in [-0.15, -0.1) is 0 Å². The van der Waals surface area contributed by atoms with E-state index in [1.54, 1.807) is 0 Å². The van der Waals surface area contributed by atoms with Crippen molar-refractivity contribution in [3.8, 4) is 0 Å². The topological polar surface area (TPSA) is 139 Å². The molecule has 0 heterocycles. The first kappa shape index (κ1) is 14.8. The van der Waals surface area contributed by atoms with Gasteiger partial charge in [-0.1, -0.05) is 0 Å². The molecule has 0 aliphatic carbocycles. The van der Waals surface area contributed by atoms with E-state index in [-0.39, 0.29) is 0 Å². The van der Waals surface area contributed by atoms with E-state index in [1.165, 1.54) is 13.8 Å². The summed E-state index contributed by atoms with van der Waals surface area (Å²) in [7, 11) is 0. The molecule has 0 aliphatic heterocycles. The van der Waals surface area contributed by atoms with Gasteiger partial charge in [0.15, 0.2) is 0 Å². The number of hydrogen-bond donors (Lipinski definition) is 6. The number of hydrogen-bond acceptors (Lipinski definition) is 6. The minimum atomic E-state index is -1.36. The second-order valence-electron chi connectivity index (χ2n) is 3.40. The van der Waals surface area contributed by atoms with Gasteiger partial charge in [-0.25, -0.2) is 10.9 Å². The van der Waals surface area contributed by atoms with Gasteiger partial charge in [-0.2, -0.15) is 0 Å². The largest absolute Gasteiger partial charge is 0.480 e. The molecule has 0 saturated heterocycles. The summed E-state index contributed by atoms with van der Waals surface area (Å²) in [5, 5.41) is 35.5. The Morgan fingerprint density at radius 1 is 0.875 bits per heavy atom. The normalized spacial score (nSPS) is 18.5. The van der Waals surface area contributed by atoms with Gasteiger partial charge in [0.2, 0.25) is 0 Å². The summed E-state index contributed by atoms with van der Waals surface area (Å²) in [4.78, 5) is 21.2. The smallest absolute Gasteiger partial charge is 0.324 e. The standard InChI is InChI=1S/C8H16N2O6/c1-3(11)5(7(13)14)9-10-6(4(2)12)8(15)16/h3-6,9-12H,1-2H3,(H,13,14)(H,15,16)/t3-,4-,5+,6+/m1/s1. The molecule has 8 nitrogen and oxygen atoms in total. The van der Waals surface area contributed by atoms with Crippen LogP contribution in [-0.2, 0) is 9.59 Å². The lowest BCUT2D eigenvalue weighted by Crippen LogP contribution is -2.58. The molecule has 8 heteroatoms. The lowest BCUT2D eigenvalue weighted by Gasteiger charge is -2.22. The van der Waals surface area contributed by atoms with Crippen molar-refractivity contribution in [1.29, 1.82) is 0 Å². The van der Waals surface area contributed by atoms with E-state index in [9.17, 15) is 9.59 Å². The Kier molecular flexibility index (Phi) is 5.89. The summed E-state index contributed by atoms with van der Waals surface area (Å²) < 4.78 is 0. The highest BCUT2D eigenvalue weighted by molar-refractivity contribution is 5.75. The highest BCUT2D eigenvalue weighted by atomic mass is 16.4. The summed E-state index contributed by atoms with van der Waals surface area (Å²) in [6.45, 7) is 2.48. The van der Waals surface area contributed by atoms with Crippen LogP contribution in [0, 0.1) is 0 Å². The van der Waals surface area contributed by atoms with Crippen LogP contribution in [0.25, 0.3) is 0 Å². The number of carboxylic acids is 2. The van der Waals surface area contributed by atoms with Crippen LogP contribution in [0.4, 0.5) is 0 Å². The van der Waals surface area contributed by atoms with Gasteiger partial charge in [-0.05, 0) is 13.8 Å². The number of carbonyl (C=O) groups is 2. The van der Waals surface area contributed by atoms with Gasteiger partial charge in [0.1, 0.15) is 12.1 Å². The lowest BCUT2D eigenvalue weighted by atomic mass is 10.2. The van der Waals surface area contributed by atoms with Crippen LogP contribution >= 0.6 is 0 Å². The SMILES string of the molecule is C[C@@H](O)[C@H](NN[C@H](C(=O)O)[C@@H](C)O)C(=O)O. The van der Waals surface area contributed by atoms with Crippen LogP contribution in [0.2, 0.25) is 0 Å². The molecule has 0 saturated carbocycles. The van der Waals surface area contributed by atoms with E-state index in [2.05, 4.69) is 10.9 Å². The Morgan fingerprint density at radius 3 is 1.25 bits per heavy atom. The van der Waals surface area contributed by atoms with Gasteiger partial charge in [-0.3, -0.25) is 9.59 Å². The fraction of sp³-hybridized carbons (Fsp3) is 0.750. The lowest BCUT2D eigenvalue weighted by molar-refractivity contribution is -0.146. The monoisotopic (exact) mass is 236 g/mol. The molecule has 0 amide bonds. The number of rotatable bonds is 7. The number of aliphatic hydroxyl groups is 2. The second-order valence-corrected chi connectivity index (χ2v) is 3.40. The first-order valence-electron chi connectivity index (χ1n) is 4.60. The molecule has 0 bridgehead atoms. The van der Waals surface area contributed by atoms with E-state index in [0.717, 1.165) is 0 Å². The van der Waals surface area contributed by atoms with Crippen molar-refractivity contribution in [2.45, 2.75) is 38.1 Å². The zero-order chi connectivity index (χ0) is 12.9. The average Bonchev–Trinajstić information content (AvgIpc) is 2.09. The van der Waals surface area contributed by atoms with Crippen LogP contribution in [0.3, 0.4) is 0 Å². The molecular formula is C8H16N2O6. The fourth-order valence-electron chi connectivity index (χ4n) is 0.957. The molecule has 0 radical (unpaired) electrons. The maximum Gasteiger partial charge on any atom is 0.324 e. The number of carboxylic acid groups (broad SMARTS) is 2. The van der Waals surface area contributed by atoms with Crippen molar-refractivity contribution >= 4 is 11.9 Å². The third-order valence-electron chi connectivity index (χ3n) is 1.89. The van der Waals surface area contributed by atoms with Crippen molar-refractivity contribution in [1.82, 2.24) is 10.9 Å². The molecule has 0 rings (SSSR count). The van der Waals surface area contributed by atoms with E-state index in [0.29, 0.717) is 0 Å². The van der Waals surface area contributed by atoms with Crippen molar-refractivity contribution in [2.24, 2.45) is 0 Å². The van der Waals surface area contributed by atoms with Crippen LogP contribution in [0.15, 0.2) is 0 Å². The van der Waals surface area contributed by atoms with Crippen LogP contribution in [0.5, 0.6) is 0 Å². The van der Waals surface area contributed by atoms with Gasteiger partial charge in [0.25, 0.3) is 0 Å². The zero-order valence-electron chi connectivity index (χ0n) is 8.91. The highest BCUT2D eigenvalue weighted by Crippen LogP contribution is 1.95. The van der Waals surface area contributed by atoms with E-state index < -0.39 is 36.2 Å². The minimum absolute atomic E-state index is 1.21. The van der Waals surface area contributed by atoms with Crippen molar-refractivity contribution in [2.75, 3.05) is 0 Å². The van der Waals surface area contributed by atoms with E-state index in [4.69, 9.17) is 20.4 Å². The summed E-state index contributed by atoms with van der Waals surface area (Å²) in [6.07, 6.45) is -2.43. The first-order chi connectivity index (χ1) is 7.27. The van der Waals surface area contributed by atoms with Gasteiger partial charge >= 0.3 is 11.9 Å². The third kappa shape index (κ3) is 4.53. The number of hydrazine groups is 1. The molecule has 0 aliphatic rings. The molecular weight excluding hydrogens is 220 g/mol. The maximum absolute atomic E-state index is 10.6. The quantitative estimate of drug-likeness (QED) is 0.272. The van der Waals surface area contributed by atoms with Crippen LogP contribution in [-0.4, -0.2) is 56.7 Å². The molecule has 0 spiro atoms. The number of nitrogens with one attached hydrogen (secondary N) is 2. The van der Waals surface area contributed by atoms with Crippen molar-refractivity contribution < 1.29 is 30.0 Å². The molecule has 94 valence electrons. The Morgan fingerprint density at radius 2 is 1.12 bits per heavy atom. The summed E-state index contributed by atoms with van der Waals surface area (Å²) >= 11 is 0. The second kappa shape index (κ2) is 6.38. The Labute approximate surface area is 91.9 Å². The number of aliphatic carboxylic acids is 2. The Balaban J connectivity index is 4.38. The van der Waals surface area contributed by atoms with E-state index in [1.807, 2.05) is 0 Å². The molecule has 0 aromatic rings. The van der Waals surface area contributed by atoms with Crippen molar-refractivity contribution in [3.05, 3.63) is 0 Å². The summed E-state index contributed by atoms with van der Waals surface area (Å²) in [6, 6.07) is -2.72. The third-order valence-corrected chi connectivity index (χ3v) is 1.89. The highest BCUT2D eigenvalue weighted by Gasteiger charge is 2.27. The molecule has 0 unspecified atom stereocenters. The number of aliphatic hydroxyl groups excluding tert-OH is 2. The van der Waals surface area contributed by atoms with Crippen molar-refractivity contribution in [3.63, 3.8) is 0 Å². The summed E-state index contributed by atoms with van der Waals surface area (Å²) in [5.74, 6) is -2.67. The molecule has 0 aromatic carbocycles. The van der Waals surface area contributed by atoms with Gasteiger partial charge in [0.05, 0.1) is 12.2 Å². The van der Waals surface area contributed by atoms with Gasteiger partial charge < -0.3 is 20.4 Å². The Hall–Kier alpha value is -1.22. The molecule has 0 aromatic heterocycles. The molecule has 16 heavy (non-hydrogen) atoms. The predicted octanol–water partition coefficient (Wildman–Crippen LogP) is -2.25. The zero-order valence-corrected chi connectivity index (χ0v) is 8.91. The average molecular weight is 236 g/mol. The molecule has 0 fully saturated rings. The fourth-order valence-corrected chi connectivity index (χ4v) is 0.957. The molecule has 4 atom stereocenters.